The van der Waals surface area contributed by atoms with Crippen molar-refractivity contribution in [2.45, 2.75) is 13.5 Å². The van der Waals surface area contributed by atoms with Gasteiger partial charge in [0.15, 0.2) is 0 Å². The maximum Gasteiger partial charge on any atom is 0.223 e. The van der Waals surface area contributed by atoms with Crippen LogP contribution in [-0.2, 0) is 6.54 Å². The Hall–Kier alpha value is -1.93. The van der Waals surface area contributed by atoms with Gasteiger partial charge >= 0.3 is 0 Å². The third kappa shape index (κ3) is 3.02. The minimum absolute atomic E-state index is 0.164. The number of nitrogens with one attached hydrogen (secondary N) is 2. The number of hydrogen-bond donors (Lipinski definition) is 4. The standard InChI is InChI=1S/C9H13N7S/c1-5-13-6(4-17-5)3-12-7-2-8(16-11)15-9(10)14-7/h2,4H,3,11H2,1H3,(H4,10,12,14,15,16). The quantitative estimate of drug-likeness (QED) is 0.467. The van der Waals surface area contributed by atoms with Crippen LogP contribution in [0, 0.1) is 6.92 Å². The first-order valence-electron chi connectivity index (χ1n) is 4.93. The van der Waals surface area contributed by atoms with E-state index in [1.54, 1.807) is 17.4 Å². The number of nitrogens with two attached hydrogens (primary N) is 2. The normalized spacial score (nSPS) is 10.2. The summed E-state index contributed by atoms with van der Waals surface area (Å²) >= 11 is 1.61. The van der Waals surface area contributed by atoms with Crippen molar-refractivity contribution in [1.29, 1.82) is 0 Å². The molecular weight excluding hydrogens is 238 g/mol. The highest BCUT2D eigenvalue weighted by Crippen LogP contribution is 2.13. The predicted molar refractivity (Wildman–Crippen MR) is 68.4 cm³/mol. The molecule has 0 fully saturated rings. The van der Waals surface area contributed by atoms with E-state index in [2.05, 4.69) is 25.7 Å². The first-order chi connectivity index (χ1) is 8.17. The van der Waals surface area contributed by atoms with Crippen molar-refractivity contribution in [3.8, 4) is 0 Å². The van der Waals surface area contributed by atoms with E-state index in [1.807, 2.05) is 12.3 Å². The molecule has 2 aromatic rings. The van der Waals surface area contributed by atoms with Crippen molar-refractivity contribution in [2.24, 2.45) is 5.84 Å². The molecule has 0 saturated carbocycles. The first-order valence-corrected chi connectivity index (χ1v) is 5.81. The number of aryl methyl sites for hydroxylation is 1. The van der Waals surface area contributed by atoms with Gasteiger partial charge in [0.05, 0.1) is 17.2 Å². The second-order valence-electron chi connectivity index (χ2n) is 3.35. The summed E-state index contributed by atoms with van der Waals surface area (Å²) in [5, 5.41) is 6.14. The van der Waals surface area contributed by atoms with Gasteiger partial charge in [0.1, 0.15) is 11.6 Å². The Kier molecular flexibility index (Phi) is 3.35. The Balaban J connectivity index is 2.05. The Labute approximate surface area is 102 Å². The fourth-order valence-corrected chi connectivity index (χ4v) is 1.91. The molecule has 7 nitrogen and oxygen atoms in total. The molecule has 0 spiro atoms. The molecule has 0 aliphatic carbocycles. The Morgan fingerprint density at radius 2 is 2.06 bits per heavy atom. The summed E-state index contributed by atoms with van der Waals surface area (Å²) in [6, 6.07) is 1.68. The highest BCUT2D eigenvalue weighted by Gasteiger charge is 2.02. The van der Waals surface area contributed by atoms with Crippen molar-refractivity contribution in [3.63, 3.8) is 0 Å². The summed E-state index contributed by atoms with van der Waals surface area (Å²) in [7, 11) is 0. The average Bonchev–Trinajstić information content (AvgIpc) is 2.72. The number of aromatic nitrogens is 3. The summed E-state index contributed by atoms with van der Waals surface area (Å²) in [5.41, 5.74) is 8.93. The predicted octanol–water partition coefficient (Wildman–Crippen LogP) is 0.721. The summed E-state index contributed by atoms with van der Waals surface area (Å²) in [5.74, 6) is 6.50. The fourth-order valence-electron chi connectivity index (χ4n) is 1.30. The number of rotatable bonds is 4. The maximum atomic E-state index is 5.54. The molecule has 0 atom stereocenters. The van der Waals surface area contributed by atoms with Gasteiger partial charge in [0.2, 0.25) is 5.95 Å². The van der Waals surface area contributed by atoms with Crippen molar-refractivity contribution >= 4 is 28.9 Å². The SMILES string of the molecule is Cc1nc(CNc2cc(NN)nc(N)n2)cs1. The molecule has 0 aromatic carbocycles. The van der Waals surface area contributed by atoms with Crippen LogP contribution in [0.3, 0.4) is 0 Å². The van der Waals surface area contributed by atoms with E-state index in [0.717, 1.165) is 10.7 Å². The lowest BCUT2D eigenvalue weighted by atomic mass is 10.4. The molecule has 2 aromatic heterocycles. The number of hydrazine groups is 1. The van der Waals surface area contributed by atoms with E-state index in [4.69, 9.17) is 11.6 Å². The van der Waals surface area contributed by atoms with Gasteiger partial charge < -0.3 is 16.5 Å². The molecule has 0 unspecified atom stereocenters. The van der Waals surface area contributed by atoms with Crippen LogP contribution in [0.1, 0.15) is 10.7 Å². The van der Waals surface area contributed by atoms with E-state index in [1.165, 1.54) is 0 Å². The van der Waals surface area contributed by atoms with Crippen molar-refractivity contribution in [2.75, 3.05) is 16.5 Å². The molecule has 2 heterocycles. The fraction of sp³-hybridized carbons (Fsp3) is 0.222. The molecule has 8 heteroatoms. The van der Waals surface area contributed by atoms with Gasteiger partial charge in [-0.2, -0.15) is 9.97 Å². The van der Waals surface area contributed by atoms with Gasteiger partial charge in [-0.05, 0) is 6.92 Å². The first kappa shape index (κ1) is 11.6. The zero-order valence-corrected chi connectivity index (χ0v) is 10.1. The Morgan fingerprint density at radius 1 is 1.29 bits per heavy atom. The second kappa shape index (κ2) is 4.93. The third-order valence-corrected chi connectivity index (χ3v) is 2.83. The minimum atomic E-state index is 0.164. The lowest BCUT2D eigenvalue weighted by Crippen LogP contribution is -2.12. The van der Waals surface area contributed by atoms with Crippen molar-refractivity contribution in [3.05, 3.63) is 22.1 Å². The highest BCUT2D eigenvalue weighted by molar-refractivity contribution is 7.09. The van der Waals surface area contributed by atoms with Crippen LogP contribution in [0.5, 0.6) is 0 Å². The van der Waals surface area contributed by atoms with Gasteiger partial charge in [-0.15, -0.1) is 11.3 Å². The largest absolute Gasteiger partial charge is 0.368 e. The zero-order chi connectivity index (χ0) is 12.3. The summed E-state index contributed by atoms with van der Waals surface area (Å²) in [6.45, 7) is 2.55. The van der Waals surface area contributed by atoms with Gasteiger partial charge in [-0.3, -0.25) is 0 Å². The number of nitrogens with zero attached hydrogens (tertiary/aromatic N) is 3. The minimum Gasteiger partial charge on any atom is -0.368 e. The maximum absolute atomic E-state index is 5.54. The average molecular weight is 251 g/mol. The van der Waals surface area contributed by atoms with Gasteiger partial charge in [0.25, 0.3) is 0 Å². The van der Waals surface area contributed by atoms with Crippen molar-refractivity contribution in [1.82, 2.24) is 15.0 Å². The topological polar surface area (TPSA) is 115 Å². The summed E-state index contributed by atoms with van der Waals surface area (Å²) in [4.78, 5) is 12.3. The molecule has 0 bridgehead atoms. The van der Waals surface area contributed by atoms with Crippen LogP contribution in [-0.4, -0.2) is 15.0 Å². The lowest BCUT2D eigenvalue weighted by molar-refractivity contribution is 1.03. The molecule has 0 radical (unpaired) electrons. The summed E-state index contributed by atoms with van der Waals surface area (Å²) in [6.07, 6.45) is 0. The van der Waals surface area contributed by atoms with Crippen LogP contribution < -0.4 is 22.3 Å². The molecule has 17 heavy (non-hydrogen) atoms. The number of anilines is 3. The number of thiazole rings is 1. The third-order valence-electron chi connectivity index (χ3n) is 2.01. The zero-order valence-electron chi connectivity index (χ0n) is 9.27. The van der Waals surface area contributed by atoms with E-state index in [0.29, 0.717) is 18.2 Å². The molecular formula is C9H13N7S. The van der Waals surface area contributed by atoms with E-state index >= 15 is 0 Å². The Morgan fingerprint density at radius 3 is 2.71 bits per heavy atom. The van der Waals surface area contributed by atoms with Crippen LogP contribution in [0.25, 0.3) is 0 Å². The molecule has 90 valence electrons. The molecule has 2 rings (SSSR count). The number of nitrogen functional groups attached to an aromatic ring is 2. The van der Waals surface area contributed by atoms with Crippen LogP contribution in [0.2, 0.25) is 0 Å². The van der Waals surface area contributed by atoms with E-state index in [9.17, 15) is 0 Å². The van der Waals surface area contributed by atoms with E-state index < -0.39 is 0 Å². The molecule has 0 saturated heterocycles. The van der Waals surface area contributed by atoms with E-state index in [-0.39, 0.29) is 5.95 Å². The van der Waals surface area contributed by atoms with Gasteiger partial charge in [-0.1, -0.05) is 0 Å². The highest BCUT2D eigenvalue weighted by atomic mass is 32.1. The van der Waals surface area contributed by atoms with Crippen molar-refractivity contribution < 1.29 is 0 Å². The van der Waals surface area contributed by atoms with Crippen LogP contribution in [0.15, 0.2) is 11.4 Å². The monoisotopic (exact) mass is 251 g/mol. The molecule has 0 amide bonds. The van der Waals surface area contributed by atoms with Gasteiger partial charge in [0, 0.05) is 11.4 Å². The smallest absolute Gasteiger partial charge is 0.223 e. The van der Waals surface area contributed by atoms with Crippen LogP contribution >= 0.6 is 11.3 Å². The second-order valence-corrected chi connectivity index (χ2v) is 4.41. The lowest BCUT2D eigenvalue weighted by Gasteiger charge is -2.06. The van der Waals surface area contributed by atoms with Crippen LogP contribution in [0.4, 0.5) is 17.6 Å². The molecule has 0 aliphatic rings. The number of hydrogen-bond acceptors (Lipinski definition) is 8. The molecule has 6 N–H and O–H groups in total. The van der Waals surface area contributed by atoms with Gasteiger partial charge in [-0.25, -0.2) is 10.8 Å². The Bertz CT molecular complexity index is 510. The molecule has 0 aliphatic heterocycles. The summed E-state index contributed by atoms with van der Waals surface area (Å²) < 4.78 is 0.